The molecule has 1 aromatic rings. The maximum atomic E-state index is 10.5. The third-order valence-electron chi connectivity index (χ3n) is 2.20. The third-order valence-corrected chi connectivity index (χ3v) is 2.50. The molecule has 1 atom stereocenters. The Morgan fingerprint density at radius 3 is 2.82 bits per heavy atom. The van der Waals surface area contributed by atoms with Gasteiger partial charge in [-0.15, -0.1) is 0 Å². The number of benzene rings is 1. The molecular formula is C11H15ClN2O3. The summed E-state index contributed by atoms with van der Waals surface area (Å²) in [5.41, 5.74) is -0.0365. The fourth-order valence-corrected chi connectivity index (χ4v) is 1.59. The predicted octanol–water partition coefficient (Wildman–Crippen LogP) is 2.48. The Labute approximate surface area is 105 Å². The van der Waals surface area contributed by atoms with Crippen LogP contribution in [0.5, 0.6) is 5.75 Å². The molecule has 0 saturated heterocycles. The standard InChI is InChI=1S/C11H15ClN2O3/c1-8(6-13-2)7-17-11-4-3-9(14(15)16)5-10(11)12/h3-5,8,13H,6-7H2,1-2H3. The summed E-state index contributed by atoms with van der Waals surface area (Å²) >= 11 is 5.89. The average molecular weight is 259 g/mol. The topological polar surface area (TPSA) is 64.4 Å². The largest absolute Gasteiger partial charge is 0.492 e. The van der Waals surface area contributed by atoms with Crippen LogP contribution >= 0.6 is 11.6 Å². The molecular weight excluding hydrogens is 244 g/mol. The second-order valence-corrected chi connectivity index (χ2v) is 4.25. The van der Waals surface area contributed by atoms with Crippen LogP contribution in [0.15, 0.2) is 18.2 Å². The van der Waals surface area contributed by atoms with Gasteiger partial charge in [-0.25, -0.2) is 0 Å². The Hall–Kier alpha value is -1.33. The molecule has 0 fully saturated rings. The Kier molecular flexibility index (Phi) is 5.18. The van der Waals surface area contributed by atoms with Gasteiger partial charge in [-0.05, 0) is 13.1 Å². The second-order valence-electron chi connectivity index (χ2n) is 3.85. The molecule has 0 aliphatic heterocycles. The van der Waals surface area contributed by atoms with Gasteiger partial charge in [0.15, 0.2) is 0 Å². The van der Waals surface area contributed by atoms with E-state index in [1.54, 1.807) is 0 Å². The van der Waals surface area contributed by atoms with Crippen molar-refractivity contribution in [1.82, 2.24) is 5.32 Å². The molecule has 1 unspecified atom stereocenters. The number of hydrogen-bond donors (Lipinski definition) is 1. The minimum Gasteiger partial charge on any atom is -0.492 e. The lowest BCUT2D eigenvalue weighted by molar-refractivity contribution is -0.384. The molecule has 17 heavy (non-hydrogen) atoms. The maximum Gasteiger partial charge on any atom is 0.271 e. The number of rotatable bonds is 6. The highest BCUT2D eigenvalue weighted by Crippen LogP contribution is 2.28. The Morgan fingerprint density at radius 2 is 2.29 bits per heavy atom. The van der Waals surface area contributed by atoms with Crippen molar-refractivity contribution in [3.63, 3.8) is 0 Å². The highest BCUT2D eigenvalue weighted by molar-refractivity contribution is 6.32. The van der Waals surface area contributed by atoms with Crippen molar-refractivity contribution >= 4 is 17.3 Å². The van der Waals surface area contributed by atoms with Crippen LogP contribution in [0.4, 0.5) is 5.69 Å². The van der Waals surface area contributed by atoms with Crippen LogP contribution < -0.4 is 10.1 Å². The molecule has 0 amide bonds. The van der Waals surface area contributed by atoms with Crippen molar-refractivity contribution in [3.05, 3.63) is 33.3 Å². The molecule has 0 aliphatic rings. The molecule has 0 saturated carbocycles. The van der Waals surface area contributed by atoms with Gasteiger partial charge >= 0.3 is 0 Å². The van der Waals surface area contributed by atoms with E-state index < -0.39 is 4.92 Å². The van der Waals surface area contributed by atoms with Crippen LogP contribution in [-0.2, 0) is 0 Å². The minimum absolute atomic E-state index is 0.0365. The van der Waals surface area contributed by atoms with Gasteiger partial charge in [0, 0.05) is 24.6 Å². The lowest BCUT2D eigenvalue weighted by atomic mass is 10.2. The van der Waals surface area contributed by atoms with Crippen molar-refractivity contribution in [2.75, 3.05) is 20.2 Å². The molecule has 0 bridgehead atoms. The van der Waals surface area contributed by atoms with E-state index in [4.69, 9.17) is 16.3 Å². The van der Waals surface area contributed by atoms with E-state index in [1.165, 1.54) is 18.2 Å². The molecule has 0 aliphatic carbocycles. The van der Waals surface area contributed by atoms with E-state index in [0.717, 1.165) is 6.54 Å². The van der Waals surface area contributed by atoms with Gasteiger partial charge in [-0.2, -0.15) is 0 Å². The van der Waals surface area contributed by atoms with Crippen molar-refractivity contribution in [3.8, 4) is 5.75 Å². The molecule has 0 spiro atoms. The highest BCUT2D eigenvalue weighted by atomic mass is 35.5. The van der Waals surface area contributed by atoms with E-state index in [-0.39, 0.29) is 10.7 Å². The zero-order chi connectivity index (χ0) is 12.8. The minimum atomic E-state index is -0.487. The first-order valence-electron chi connectivity index (χ1n) is 5.26. The fraction of sp³-hybridized carbons (Fsp3) is 0.455. The smallest absolute Gasteiger partial charge is 0.271 e. The van der Waals surface area contributed by atoms with Gasteiger partial charge < -0.3 is 10.1 Å². The van der Waals surface area contributed by atoms with Gasteiger partial charge in [-0.1, -0.05) is 18.5 Å². The number of ether oxygens (including phenoxy) is 1. The number of nitro groups is 1. The second kappa shape index (κ2) is 6.42. The van der Waals surface area contributed by atoms with Crippen molar-refractivity contribution in [2.24, 2.45) is 5.92 Å². The first-order chi connectivity index (χ1) is 8.04. The molecule has 1 rings (SSSR count). The summed E-state index contributed by atoms with van der Waals surface area (Å²) in [4.78, 5) is 10.0. The number of nitro benzene ring substituents is 1. The highest BCUT2D eigenvalue weighted by Gasteiger charge is 2.11. The van der Waals surface area contributed by atoms with Crippen LogP contribution in [0.2, 0.25) is 5.02 Å². The molecule has 1 aromatic carbocycles. The van der Waals surface area contributed by atoms with Gasteiger partial charge in [0.05, 0.1) is 16.6 Å². The van der Waals surface area contributed by atoms with Crippen LogP contribution in [-0.4, -0.2) is 25.1 Å². The zero-order valence-corrected chi connectivity index (χ0v) is 10.5. The van der Waals surface area contributed by atoms with Crippen molar-refractivity contribution < 1.29 is 9.66 Å². The van der Waals surface area contributed by atoms with E-state index in [9.17, 15) is 10.1 Å². The summed E-state index contributed by atoms with van der Waals surface area (Å²) < 4.78 is 5.49. The Balaban J connectivity index is 2.63. The van der Waals surface area contributed by atoms with Crippen LogP contribution in [0.25, 0.3) is 0 Å². The molecule has 0 aromatic heterocycles. The summed E-state index contributed by atoms with van der Waals surface area (Å²) in [5, 5.41) is 13.8. The molecule has 0 radical (unpaired) electrons. The van der Waals surface area contributed by atoms with Gasteiger partial charge in [0.25, 0.3) is 5.69 Å². The third kappa shape index (κ3) is 4.20. The van der Waals surface area contributed by atoms with E-state index in [2.05, 4.69) is 5.32 Å². The number of hydrogen-bond acceptors (Lipinski definition) is 4. The molecule has 94 valence electrons. The van der Waals surface area contributed by atoms with E-state index in [0.29, 0.717) is 18.3 Å². The van der Waals surface area contributed by atoms with Crippen molar-refractivity contribution in [2.45, 2.75) is 6.92 Å². The average Bonchev–Trinajstić information content (AvgIpc) is 2.27. The molecule has 0 heterocycles. The summed E-state index contributed by atoms with van der Waals surface area (Å²) in [5.74, 6) is 0.812. The fourth-order valence-electron chi connectivity index (χ4n) is 1.36. The molecule has 1 N–H and O–H groups in total. The lowest BCUT2D eigenvalue weighted by Gasteiger charge is -2.13. The first-order valence-corrected chi connectivity index (χ1v) is 5.63. The Morgan fingerprint density at radius 1 is 1.59 bits per heavy atom. The number of halogens is 1. The zero-order valence-electron chi connectivity index (χ0n) is 9.77. The van der Waals surface area contributed by atoms with Crippen molar-refractivity contribution in [1.29, 1.82) is 0 Å². The van der Waals surface area contributed by atoms with Gasteiger partial charge in [-0.3, -0.25) is 10.1 Å². The monoisotopic (exact) mass is 258 g/mol. The normalized spacial score (nSPS) is 12.2. The maximum absolute atomic E-state index is 10.5. The van der Waals surface area contributed by atoms with Crippen LogP contribution in [0, 0.1) is 16.0 Å². The predicted molar refractivity (Wildman–Crippen MR) is 66.7 cm³/mol. The SMILES string of the molecule is CNCC(C)COc1ccc([N+](=O)[O-])cc1Cl. The number of non-ortho nitro benzene ring substituents is 1. The Bertz CT molecular complexity index is 398. The van der Waals surface area contributed by atoms with E-state index >= 15 is 0 Å². The summed E-state index contributed by atoms with van der Waals surface area (Å²) in [6, 6.07) is 4.19. The number of nitrogens with zero attached hydrogens (tertiary/aromatic N) is 1. The first kappa shape index (κ1) is 13.7. The van der Waals surface area contributed by atoms with Gasteiger partial charge in [0.1, 0.15) is 5.75 Å². The quantitative estimate of drug-likeness (QED) is 0.629. The van der Waals surface area contributed by atoms with Crippen LogP contribution in [0.3, 0.4) is 0 Å². The summed E-state index contributed by atoms with van der Waals surface area (Å²) in [7, 11) is 1.87. The van der Waals surface area contributed by atoms with Crippen LogP contribution in [0.1, 0.15) is 6.92 Å². The summed E-state index contributed by atoms with van der Waals surface area (Å²) in [6.45, 7) is 3.39. The number of nitrogens with one attached hydrogen (secondary N) is 1. The molecule has 5 nitrogen and oxygen atoms in total. The van der Waals surface area contributed by atoms with E-state index in [1.807, 2.05) is 14.0 Å². The summed E-state index contributed by atoms with van der Waals surface area (Å²) in [6.07, 6.45) is 0. The molecule has 6 heteroatoms. The lowest BCUT2D eigenvalue weighted by Crippen LogP contribution is -2.21. The van der Waals surface area contributed by atoms with Gasteiger partial charge in [0.2, 0.25) is 0 Å².